The molecular formula is C17H16BrN3O. The van der Waals surface area contributed by atoms with Gasteiger partial charge in [0, 0.05) is 18.1 Å². The minimum atomic E-state index is 0.273. The van der Waals surface area contributed by atoms with E-state index < -0.39 is 0 Å². The number of anilines is 1. The number of imidazole rings is 1. The number of phenols is 1. The molecule has 0 amide bonds. The van der Waals surface area contributed by atoms with Gasteiger partial charge in [-0.2, -0.15) is 0 Å². The maximum atomic E-state index is 9.49. The van der Waals surface area contributed by atoms with Gasteiger partial charge in [-0.3, -0.25) is 0 Å². The Bertz CT molecular complexity index is 781. The minimum Gasteiger partial charge on any atom is -0.508 e. The molecule has 4 nitrogen and oxygen atoms in total. The number of benzene rings is 2. The number of hydrogen-bond donors (Lipinski definition) is 2. The van der Waals surface area contributed by atoms with Crippen molar-refractivity contribution in [2.45, 2.75) is 6.54 Å². The summed E-state index contributed by atoms with van der Waals surface area (Å²) >= 11 is 3.44. The van der Waals surface area contributed by atoms with Gasteiger partial charge in [0.05, 0.1) is 11.9 Å². The molecule has 0 radical (unpaired) electrons. The Morgan fingerprint density at radius 3 is 2.68 bits per heavy atom. The predicted molar refractivity (Wildman–Crippen MR) is 91.8 cm³/mol. The molecule has 0 spiro atoms. The van der Waals surface area contributed by atoms with Crippen LogP contribution in [0.25, 0.3) is 11.3 Å². The van der Waals surface area contributed by atoms with Crippen LogP contribution in [0.15, 0.2) is 59.2 Å². The first-order valence-electron chi connectivity index (χ1n) is 6.93. The molecule has 0 saturated heterocycles. The third kappa shape index (κ3) is 3.14. The van der Waals surface area contributed by atoms with Crippen LogP contribution in [0, 0.1) is 0 Å². The Morgan fingerprint density at radius 2 is 1.95 bits per heavy atom. The van der Waals surface area contributed by atoms with Crippen molar-refractivity contribution < 1.29 is 5.11 Å². The van der Waals surface area contributed by atoms with Gasteiger partial charge >= 0.3 is 0 Å². The summed E-state index contributed by atoms with van der Waals surface area (Å²) in [6.45, 7) is 0.610. The molecule has 2 N–H and O–H groups in total. The molecule has 0 aliphatic rings. The largest absolute Gasteiger partial charge is 0.508 e. The van der Waals surface area contributed by atoms with Crippen molar-refractivity contribution in [3.05, 3.63) is 64.8 Å². The summed E-state index contributed by atoms with van der Waals surface area (Å²) in [4.78, 5) is 4.43. The van der Waals surface area contributed by atoms with Crippen LogP contribution in [-0.4, -0.2) is 14.7 Å². The molecular weight excluding hydrogens is 342 g/mol. The van der Waals surface area contributed by atoms with E-state index in [0.717, 1.165) is 27.2 Å². The van der Waals surface area contributed by atoms with Gasteiger partial charge in [0.2, 0.25) is 5.95 Å². The van der Waals surface area contributed by atoms with Crippen molar-refractivity contribution in [2.24, 2.45) is 7.05 Å². The first-order valence-corrected chi connectivity index (χ1v) is 7.72. The molecule has 5 heteroatoms. The van der Waals surface area contributed by atoms with Gasteiger partial charge in [0.25, 0.3) is 0 Å². The standard InChI is InChI=1S/C17H16BrN3O/c1-21-16(13-5-7-14(18)8-6-13)11-20-17(21)19-10-12-3-2-4-15(22)9-12/h2-9,11,22H,10H2,1H3,(H,19,20). The fourth-order valence-electron chi connectivity index (χ4n) is 2.31. The normalized spacial score (nSPS) is 10.6. The Balaban J connectivity index is 1.77. The molecule has 2 aromatic carbocycles. The lowest BCUT2D eigenvalue weighted by atomic mass is 10.2. The number of nitrogens with one attached hydrogen (secondary N) is 1. The first-order chi connectivity index (χ1) is 10.6. The van der Waals surface area contributed by atoms with Crippen molar-refractivity contribution >= 4 is 21.9 Å². The van der Waals surface area contributed by atoms with Gasteiger partial charge in [-0.15, -0.1) is 0 Å². The van der Waals surface area contributed by atoms with Crippen molar-refractivity contribution in [2.75, 3.05) is 5.32 Å². The Morgan fingerprint density at radius 1 is 1.18 bits per heavy atom. The fourth-order valence-corrected chi connectivity index (χ4v) is 2.57. The van der Waals surface area contributed by atoms with Crippen LogP contribution in [0.5, 0.6) is 5.75 Å². The molecule has 0 saturated carbocycles. The summed E-state index contributed by atoms with van der Waals surface area (Å²) in [6.07, 6.45) is 1.86. The quantitative estimate of drug-likeness (QED) is 0.736. The van der Waals surface area contributed by atoms with Gasteiger partial charge in [0.1, 0.15) is 5.75 Å². The highest BCUT2D eigenvalue weighted by Gasteiger charge is 2.08. The van der Waals surface area contributed by atoms with Crippen LogP contribution < -0.4 is 5.32 Å². The summed E-state index contributed by atoms with van der Waals surface area (Å²) in [6, 6.07) is 15.3. The monoisotopic (exact) mass is 357 g/mol. The molecule has 1 heterocycles. The van der Waals surface area contributed by atoms with E-state index in [-0.39, 0.29) is 5.75 Å². The number of halogens is 1. The van der Waals surface area contributed by atoms with Crippen molar-refractivity contribution in [1.82, 2.24) is 9.55 Å². The smallest absolute Gasteiger partial charge is 0.203 e. The third-order valence-corrected chi connectivity index (χ3v) is 4.02. The van der Waals surface area contributed by atoms with E-state index in [1.54, 1.807) is 12.1 Å². The molecule has 22 heavy (non-hydrogen) atoms. The van der Waals surface area contributed by atoms with Crippen molar-refractivity contribution in [3.63, 3.8) is 0 Å². The van der Waals surface area contributed by atoms with Gasteiger partial charge < -0.3 is 15.0 Å². The Hall–Kier alpha value is -2.27. The van der Waals surface area contributed by atoms with Crippen LogP contribution in [0.4, 0.5) is 5.95 Å². The second-order valence-corrected chi connectivity index (χ2v) is 5.97. The highest BCUT2D eigenvalue weighted by Crippen LogP contribution is 2.24. The van der Waals surface area contributed by atoms with E-state index in [1.165, 1.54) is 0 Å². The lowest BCUT2D eigenvalue weighted by Crippen LogP contribution is -2.05. The number of hydrogen-bond acceptors (Lipinski definition) is 3. The molecule has 0 aliphatic carbocycles. The average molecular weight is 358 g/mol. The highest BCUT2D eigenvalue weighted by molar-refractivity contribution is 9.10. The molecule has 3 rings (SSSR count). The molecule has 1 aromatic heterocycles. The topological polar surface area (TPSA) is 50.1 Å². The summed E-state index contributed by atoms with van der Waals surface area (Å²) in [7, 11) is 1.98. The lowest BCUT2D eigenvalue weighted by Gasteiger charge is -2.09. The fraction of sp³-hybridized carbons (Fsp3) is 0.118. The SMILES string of the molecule is Cn1c(-c2ccc(Br)cc2)cnc1NCc1cccc(O)c1. The van der Waals surface area contributed by atoms with Crippen LogP contribution in [0.2, 0.25) is 0 Å². The zero-order valence-corrected chi connectivity index (χ0v) is 13.7. The molecule has 0 unspecified atom stereocenters. The van der Waals surface area contributed by atoms with E-state index in [9.17, 15) is 5.11 Å². The van der Waals surface area contributed by atoms with E-state index in [4.69, 9.17) is 0 Å². The van der Waals surface area contributed by atoms with Crippen molar-refractivity contribution in [3.8, 4) is 17.0 Å². The van der Waals surface area contributed by atoms with Crippen LogP contribution >= 0.6 is 15.9 Å². The second-order valence-electron chi connectivity index (χ2n) is 5.06. The molecule has 0 atom stereocenters. The summed E-state index contributed by atoms with van der Waals surface area (Å²) < 4.78 is 3.08. The highest BCUT2D eigenvalue weighted by atomic mass is 79.9. The van der Waals surface area contributed by atoms with Crippen molar-refractivity contribution in [1.29, 1.82) is 0 Å². The van der Waals surface area contributed by atoms with Crippen LogP contribution in [0.1, 0.15) is 5.56 Å². The van der Waals surface area contributed by atoms with Gasteiger partial charge in [0.15, 0.2) is 0 Å². The summed E-state index contributed by atoms with van der Waals surface area (Å²) in [5, 5.41) is 12.8. The number of rotatable bonds is 4. The average Bonchev–Trinajstić information content (AvgIpc) is 2.87. The lowest BCUT2D eigenvalue weighted by molar-refractivity contribution is 0.474. The number of aromatic hydroxyl groups is 1. The van der Waals surface area contributed by atoms with E-state index >= 15 is 0 Å². The van der Waals surface area contributed by atoms with Gasteiger partial charge in [-0.05, 0) is 35.4 Å². The van der Waals surface area contributed by atoms with E-state index in [2.05, 4.69) is 38.4 Å². The zero-order valence-electron chi connectivity index (χ0n) is 12.1. The molecule has 112 valence electrons. The molecule has 3 aromatic rings. The van der Waals surface area contributed by atoms with Gasteiger partial charge in [-0.25, -0.2) is 4.98 Å². The second kappa shape index (κ2) is 6.23. The van der Waals surface area contributed by atoms with Crippen LogP contribution in [0.3, 0.4) is 0 Å². The summed E-state index contributed by atoms with van der Waals surface area (Å²) in [5.41, 5.74) is 3.17. The number of phenolic OH excluding ortho intramolecular Hbond substituents is 1. The zero-order chi connectivity index (χ0) is 15.5. The van der Waals surface area contributed by atoms with E-state index in [1.807, 2.05) is 42.1 Å². The molecule has 0 aliphatic heterocycles. The van der Waals surface area contributed by atoms with Crippen LogP contribution in [-0.2, 0) is 13.6 Å². The Kier molecular flexibility index (Phi) is 4.15. The predicted octanol–water partition coefficient (Wildman–Crippen LogP) is 4.17. The third-order valence-electron chi connectivity index (χ3n) is 3.49. The summed E-state index contributed by atoms with van der Waals surface area (Å²) in [5.74, 6) is 1.07. The maximum absolute atomic E-state index is 9.49. The molecule has 0 fully saturated rings. The first kappa shape index (κ1) is 14.7. The Labute approximate surface area is 137 Å². The number of aromatic nitrogens is 2. The maximum Gasteiger partial charge on any atom is 0.203 e. The number of nitrogens with zero attached hydrogens (tertiary/aromatic N) is 2. The van der Waals surface area contributed by atoms with E-state index in [0.29, 0.717) is 6.54 Å². The minimum absolute atomic E-state index is 0.273. The van der Waals surface area contributed by atoms with Gasteiger partial charge in [-0.1, -0.05) is 40.2 Å². The molecule has 0 bridgehead atoms.